The van der Waals surface area contributed by atoms with E-state index in [1.807, 2.05) is 19.1 Å². The maximum atomic E-state index is 13.3. The number of ether oxygens (including phenoxy) is 2. The molecular formula is C22H21N3O5. The van der Waals surface area contributed by atoms with Crippen molar-refractivity contribution in [1.82, 2.24) is 0 Å². The molecular weight excluding hydrogens is 386 g/mol. The Kier molecular flexibility index (Phi) is 4.99. The molecule has 2 unspecified atom stereocenters. The number of hydrazone groups is 1. The Morgan fingerprint density at radius 1 is 1.00 bits per heavy atom. The summed E-state index contributed by atoms with van der Waals surface area (Å²) in [4.78, 5) is 40.2. The topological polar surface area (TPSA) is 88.5 Å². The molecule has 2 amide bonds. The zero-order valence-corrected chi connectivity index (χ0v) is 16.9. The molecule has 8 heteroatoms. The van der Waals surface area contributed by atoms with E-state index in [1.54, 1.807) is 43.3 Å². The lowest BCUT2D eigenvalue weighted by Gasteiger charge is -2.22. The van der Waals surface area contributed by atoms with Crippen LogP contribution in [0.2, 0.25) is 0 Å². The molecule has 1 saturated heterocycles. The minimum Gasteiger partial charge on any atom is -0.497 e. The Balaban J connectivity index is 1.76. The number of esters is 1. The minimum absolute atomic E-state index is 0.0585. The standard InChI is InChI=1S/C22H21N3O5/c1-4-30-22(28)18-17-19(25(23-18)15-7-5-13(2)6-8-15)21(27)24(20(17)26)14-9-11-16(29-3)12-10-14/h5-12,17,19H,4H2,1-3H3. The summed E-state index contributed by atoms with van der Waals surface area (Å²) in [6.45, 7) is 3.76. The second kappa shape index (κ2) is 7.62. The van der Waals surface area contributed by atoms with Crippen molar-refractivity contribution < 1.29 is 23.9 Å². The van der Waals surface area contributed by atoms with Gasteiger partial charge in [0, 0.05) is 0 Å². The van der Waals surface area contributed by atoms with Crippen molar-refractivity contribution in [3.8, 4) is 5.75 Å². The zero-order chi connectivity index (χ0) is 21.4. The maximum absolute atomic E-state index is 13.3. The molecule has 2 aromatic rings. The van der Waals surface area contributed by atoms with Crippen LogP contribution < -0.4 is 14.6 Å². The van der Waals surface area contributed by atoms with E-state index in [1.165, 1.54) is 12.1 Å². The Morgan fingerprint density at radius 2 is 1.63 bits per heavy atom. The molecule has 0 radical (unpaired) electrons. The van der Waals surface area contributed by atoms with Crippen LogP contribution >= 0.6 is 0 Å². The van der Waals surface area contributed by atoms with Crippen molar-refractivity contribution in [3.63, 3.8) is 0 Å². The molecule has 0 bridgehead atoms. The van der Waals surface area contributed by atoms with Crippen LogP contribution in [-0.4, -0.2) is 43.3 Å². The SMILES string of the molecule is CCOC(=O)C1=NN(c2ccc(C)cc2)C2C(=O)N(c3ccc(OC)cc3)C(=O)C12. The van der Waals surface area contributed by atoms with Gasteiger partial charge in [0.25, 0.3) is 5.91 Å². The number of benzene rings is 2. The molecule has 2 aliphatic heterocycles. The Bertz CT molecular complexity index is 1030. The minimum atomic E-state index is -1.03. The first-order valence-electron chi connectivity index (χ1n) is 9.59. The van der Waals surface area contributed by atoms with Crippen LogP contribution in [0.1, 0.15) is 12.5 Å². The monoisotopic (exact) mass is 407 g/mol. The van der Waals surface area contributed by atoms with Gasteiger partial charge in [-0.25, -0.2) is 9.69 Å². The molecule has 2 aromatic carbocycles. The largest absolute Gasteiger partial charge is 0.497 e. The summed E-state index contributed by atoms with van der Waals surface area (Å²) in [5.41, 5.74) is 2.01. The Labute approximate surface area is 173 Å². The van der Waals surface area contributed by atoms with Gasteiger partial charge < -0.3 is 9.47 Å². The number of anilines is 2. The van der Waals surface area contributed by atoms with Gasteiger partial charge in [-0.15, -0.1) is 0 Å². The van der Waals surface area contributed by atoms with Crippen LogP contribution in [0.4, 0.5) is 11.4 Å². The maximum Gasteiger partial charge on any atom is 0.355 e. The average molecular weight is 407 g/mol. The third kappa shape index (κ3) is 3.10. The van der Waals surface area contributed by atoms with Gasteiger partial charge in [-0.3, -0.25) is 14.6 Å². The average Bonchev–Trinajstić information content (AvgIpc) is 3.26. The van der Waals surface area contributed by atoms with Gasteiger partial charge in [0.15, 0.2) is 5.71 Å². The van der Waals surface area contributed by atoms with Gasteiger partial charge in [0.05, 0.1) is 25.1 Å². The first-order chi connectivity index (χ1) is 14.5. The summed E-state index contributed by atoms with van der Waals surface area (Å²) >= 11 is 0. The molecule has 2 aliphatic rings. The number of carbonyl (C=O) groups is 3. The molecule has 2 atom stereocenters. The van der Waals surface area contributed by atoms with Gasteiger partial charge in [0.1, 0.15) is 17.7 Å². The fraction of sp³-hybridized carbons (Fsp3) is 0.273. The fourth-order valence-corrected chi connectivity index (χ4v) is 3.68. The van der Waals surface area contributed by atoms with Gasteiger partial charge in [-0.05, 0) is 50.2 Å². The van der Waals surface area contributed by atoms with Gasteiger partial charge >= 0.3 is 5.97 Å². The lowest BCUT2D eigenvalue weighted by atomic mass is 9.97. The number of fused-ring (bicyclic) bond motifs is 1. The second-order valence-corrected chi connectivity index (χ2v) is 7.02. The van der Waals surface area contributed by atoms with Crippen molar-refractivity contribution in [1.29, 1.82) is 0 Å². The van der Waals surface area contributed by atoms with Gasteiger partial charge in [-0.2, -0.15) is 5.10 Å². The van der Waals surface area contributed by atoms with Crippen molar-refractivity contribution in [2.45, 2.75) is 19.9 Å². The highest BCUT2D eigenvalue weighted by molar-refractivity contribution is 6.47. The van der Waals surface area contributed by atoms with E-state index in [0.29, 0.717) is 17.1 Å². The van der Waals surface area contributed by atoms with E-state index >= 15 is 0 Å². The molecule has 0 N–H and O–H groups in total. The predicted molar refractivity (Wildman–Crippen MR) is 110 cm³/mol. The molecule has 0 saturated carbocycles. The Hall–Kier alpha value is -3.68. The quantitative estimate of drug-likeness (QED) is 0.558. The summed E-state index contributed by atoms with van der Waals surface area (Å²) in [6.07, 6.45) is 0. The van der Waals surface area contributed by atoms with Crippen LogP contribution in [0.3, 0.4) is 0 Å². The van der Waals surface area contributed by atoms with Crippen LogP contribution in [0.25, 0.3) is 0 Å². The molecule has 1 fully saturated rings. The third-order valence-electron chi connectivity index (χ3n) is 5.16. The Morgan fingerprint density at radius 3 is 2.23 bits per heavy atom. The number of methoxy groups -OCH3 is 1. The third-order valence-corrected chi connectivity index (χ3v) is 5.16. The van der Waals surface area contributed by atoms with Crippen molar-refractivity contribution in [3.05, 3.63) is 54.1 Å². The number of carbonyl (C=O) groups excluding carboxylic acids is 3. The van der Waals surface area contributed by atoms with E-state index in [4.69, 9.17) is 9.47 Å². The molecule has 30 heavy (non-hydrogen) atoms. The van der Waals surface area contributed by atoms with Crippen molar-refractivity contribution >= 4 is 34.9 Å². The summed E-state index contributed by atoms with van der Waals surface area (Å²) in [7, 11) is 1.53. The normalized spacial score (nSPS) is 20.3. The number of amides is 2. The number of rotatable bonds is 5. The highest BCUT2D eigenvalue weighted by Gasteiger charge is 2.59. The van der Waals surface area contributed by atoms with E-state index in [0.717, 1.165) is 10.5 Å². The predicted octanol–water partition coefficient (Wildman–Crippen LogP) is 2.30. The van der Waals surface area contributed by atoms with E-state index in [2.05, 4.69) is 5.10 Å². The molecule has 0 aromatic heterocycles. The summed E-state index contributed by atoms with van der Waals surface area (Å²) in [5.74, 6) is -2.07. The number of imide groups is 1. The van der Waals surface area contributed by atoms with Crippen LogP contribution in [-0.2, 0) is 19.1 Å². The van der Waals surface area contributed by atoms with Crippen LogP contribution in [0, 0.1) is 12.8 Å². The van der Waals surface area contributed by atoms with Crippen molar-refractivity contribution in [2.24, 2.45) is 11.0 Å². The van der Waals surface area contributed by atoms with E-state index in [-0.39, 0.29) is 12.3 Å². The summed E-state index contributed by atoms with van der Waals surface area (Å²) in [6, 6.07) is 13.0. The number of hydrogen-bond acceptors (Lipinski definition) is 7. The lowest BCUT2D eigenvalue weighted by molar-refractivity contribution is -0.136. The molecule has 2 heterocycles. The smallest absolute Gasteiger partial charge is 0.355 e. The fourth-order valence-electron chi connectivity index (χ4n) is 3.68. The van der Waals surface area contributed by atoms with Gasteiger partial charge in [0.2, 0.25) is 5.91 Å². The first-order valence-corrected chi connectivity index (χ1v) is 9.59. The first kappa shape index (κ1) is 19.6. The summed E-state index contributed by atoms with van der Waals surface area (Å²) in [5, 5.41) is 5.78. The molecule has 154 valence electrons. The number of hydrogen-bond donors (Lipinski definition) is 0. The molecule has 8 nitrogen and oxygen atoms in total. The van der Waals surface area contributed by atoms with E-state index < -0.39 is 29.7 Å². The number of nitrogens with zero attached hydrogens (tertiary/aromatic N) is 3. The van der Waals surface area contributed by atoms with Gasteiger partial charge in [-0.1, -0.05) is 17.7 Å². The summed E-state index contributed by atoms with van der Waals surface area (Å²) < 4.78 is 10.2. The molecule has 0 spiro atoms. The lowest BCUT2D eigenvalue weighted by Crippen LogP contribution is -2.39. The second-order valence-electron chi connectivity index (χ2n) is 7.02. The zero-order valence-electron chi connectivity index (χ0n) is 16.9. The highest BCUT2D eigenvalue weighted by Crippen LogP contribution is 2.38. The highest BCUT2D eigenvalue weighted by atomic mass is 16.5. The molecule has 0 aliphatic carbocycles. The number of aryl methyl sites for hydroxylation is 1. The van der Waals surface area contributed by atoms with Crippen LogP contribution in [0.5, 0.6) is 5.75 Å². The van der Waals surface area contributed by atoms with E-state index in [9.17, 15) is 14.4 Å². The van der Waals surface area contributed by atoms with Crippen molar-refractivity contribution in [2.75, 3.05) is 23.6 Å². The van der Waals surface area contributed by atoms with Crippen LogP contribution in [0.15, 0.2) is 53.6 Å². The molecule has 4 rings (SSSR count).